The summed E-state index contributed by atoms with van der Waals surface area (Å²) in [4.78, 5) is 4.16. The lowest BCUT2D eigenvalue weighted by atomic mass is 10.1. The van der Waals surface area contributed by atoms with Crippen LogP contribution in [0.3, 0.4) is 0 Å². The summed E-state index contributed by atoms with van der Waals surface area (Å²) in [5.74, 6) is -0.436. The first-order valence-corrected chi connectivity index (χ1v) is 6.32. The lowest BCUT2D eigenvalue weighted by molar-refractivity contribution is 0.422. The molecule has 0 saturated heterocycles. The van der Waals surface area contributed by atoms with Gasteiger partial charge in [0.2, 0.25) is 0 Å². The Morgan fingerprint density at radius 3 is 2.94 bits per heavy atom. The Balaban J connectivity index is 2.22. The SMILES string of the molecule is Fc1cccc(Cl)c1-c1nocc1-c1nccs1. The molecule has 0 bridgehead atoms. The van der Waals surface area contributed by atoms with Crippen LogP contribution in [-0.4, -0.2) is 10.1 Å². The molecule has 0 unspecified atom stereocenters. The third-order valence-electron chi connectivity index (χ3n) is 2.43. The van der Waals surface area contributed by atoms with Gasteiger partial charge in [-0.25, -0.2) is 9.37 Å². The van der Waals surface area contributed by atoms with Gasteiger partial charge in [-0.15, -0.1) is 11.3 Å². The molecule has 0 aliphatic heterocycles. The summed E-state index contributed by atoms with van der Waals surface area (Å²) < 4.78 is 18.8. The van der Waals surface area contributed by atoms with E-state index >= 15 is 0 Å². The van der Waals surface area contributed by atoms with E-state index in [1.807, 2.05) is 5.38 Å². The predicted octanol–water partition coefficient (Wildman–Crippen LogP) is 4.26. The van der Waals surface area contributed by atoms with E-state index in [9.17, 15) is 4.39 Å². The highest BCUT2D eigenvalue weighted by molar-refractivity contribution is 7.13. The zero-order chi connectivity index (χ0) is 12.5. The zero-order valence-electron chi connectivity index (χ0n) is 8.93. The molecular formula is C12H6ClFN2OS. The molecule has 0 aliphatic carbocycles. The van der Waals surface area contributed by atoms with Crippen LogP contribution in [0.2, 0.25) is 5.02 Å². The highest BCUT2D eigenvalue weighted by Gasteiger charge is 2.19. The average Bonchev–Trinajstić information content (AvgIpc) is 2.98. The second kappa shape index (κ2) is 4.51. The molecule has 3 aromatic rings. The fourth-order valence-electron chi connectivity index (χ4n) is 1.65. The highest BCUT2D eigenvalue weighted by Crippen LogP contribution is 2.37. The van der Waals surface area contributed by atoms with Crippen LogP contribution >= 0.6 is 22.9 Å². The van der Waals surface area contributed by atoms with Crippen molar-refractivity contribution in [1.82, 2.24) is 10.1 Å². The highest BCUT2D eigenvalue weighted by atomic mass is 35.5. The Morgan fingerprint density at radius 1 is 1.33 bits per heavy atom. The van der Waals surface area contributed by atoms with Crippen LogP contribution in [0.1, 0.15) is 0 Å². The minimum absolute atomic E-state index is 0.234. The van der Waals surface area contributed by atoms with Crippen LogP contribution < -0.4 is 0 Å². The molecule has 3 nitrogen and oxygen atoms in total. The number of rotatable bonds is 2. The molecule has 90 valence electrons. The smallest absolute Gasteiger partial charge is 0.134 e. The molecule has 6 heteroatoms. The van der Waals surface area contributed by atoms with E-state index in [0.717, 1.165) is 0 Å². The lowest BCUT2D eigenvalue weighted by Gasteiger charge is -2.03. The zero-order valence-corrected chi connectivity index (χ0v) is 10.5. The van der Waals surface area contributed by atoms with Crippen molar-refractivity contribution in [2.24, 2.45) is 0 Å². The minimum atomic E-state index is -0.436. The van der Waals surface area contributed by atoms with Crippen LogP contribution in [-0.2, 0) is 0 Å². The minimum Gasteiger partial charge on any atom is -0.363 e. The van der Waals surface area contributed by atoms with E-state index in [1.165, 1.54) is 23.7 Å². The normalized spacial score (nSPS) is 10.8. The fourth-order valence-corrected chi connectivity index (χ4v) is 2.55. The Hall–Kier alpha value is -1.72. The molecule has 0 N–H and O–H groups in total. The maximum absolute atomic E-state index is 13.9. The van der Waals surface area contributed by atoms with Crippen LogP contribution in [0.25, 0.3) is 21.8 Å². The van der Waals surface area contributed by atoms with Crippen molar-refractivity contribution < 1.29 is 8.91 Å². The Morgan fingerprint density at radius 2 is 2.22 bits per heavy atom. The summed E-state index contributed by atoms with van der Waals surface area (Å²) in [5, 5.41) is 6.67. The van der Waals surface area contributed by atoms with E-state index in [4.69, 9.17) is 16.1 Å². The fraction of sp³-hybridized carbons (Fsp3) is 0. The molecule has 0 saturated carbocycles. The summed E-state index contributed by atoms with van der Waals surface area (Å²) in [6.07, 6.45) is 3.11. The predicted molar refractivity (Wildman–Crippen MR) is 68.0 cm³/mol. The third kappa shape index (κ3) is 1.81. The van der Waals surface area contributed by atoms with Crippen molar-refractivity contribution in [2.45, 2.75) is 0 Å². The van der Waals surface area contributed by atoms with Gasteiger partial charge in [-0.3, -0.25) is 0 Å². The first kappa shape index (κ1) is 11.4. The summed E-state index contributed by atoms with van der Waals surface area (Å²) in [7, 11) is 0. The van der Waals surface area contributed by atoms with Gasteiger partial charge in [0.1, 0.15) is 22.8 Å². The molecule has 3 rings (SSSR count). The van der Waals surface area contributed by atoms with E-state index in [1.54, 1.807) is 18.3 Å². The summed E-state index contributed by atoms with van der Waals surface area (Å²) in [5.41, 5.74) is 1.24. The first-order valence-electron chi connectivity index (χ1n) is 5.06. The maximum atomic E-state index is 13.9. The van der Waals surface area contributed by atoms with Crippen LogP contribution in [0.5, 0.6) is 0 Å². The Bertz CT molecular complexity index is 661. The molecule has 18 heavy (non-hydrogen) atoms. The quantitative estimate of drug-likeness (QED) is 0.704. The average molecular weight is 281 g/mol. The van der Waals surface area contributed by atoms with Crippen LogP contribution in [0.4, 0.5) is 4.39 Å². The third-order valence-corrected chi connectivity index (χ3v) is 3.55. The molecule has 1 aromatic carbocycles. The number of hydrogen-bond acceptors (Lipinski definition) is 4. The van der Waals surface area contributed by atoms with Gasteiger partial charge < -0.3 is 4.52 Å². The number of aromatic nitrogens is 2. The van der Waals surface area contributed by atoms with Crippen LogP contribution in [0.15, 0.2) is 40.6 Å². The monoisotopic (exact) mass is 280 g/mol. The van der Waals surface area contributed by atoms with Gasteiger partial charge in [-0.2, -0.15) is 0 Å². The van der Waals surface area contributed by atoms with Gasteiger partial charge in [0, 0.05) is 11.6 Å². The molecule has 0 fully saturated rings. The van der Waals surface area contributed by atoms with Gasteiger partial charge in [-0.05, 0) is 12.1 Å². The molecule has 0 spiro atoms. The van der Waals surface area contributed by atoms with Crippen LogP contribution in [0, 0.1) is 5.82 Å². The first-order chi connectivity index (χ1) is 8.77. The van der Waals surface area contributed by atoms with Gasteiger partial charge in [0.05, 0.1) is 16.1 Å². The molecular weight excluding hydrogens is 275 g/mol. The number of hydrogen-bond donors (Lipinski definition) is 0. The Labute approximate surface area is 111 Å². The molecule has 0 atom stereocenters. The molecule has 0 aliphatic rings. The summed E-state index contributed by atoms with van der Waals surface area (Å²) >= 11 is 7.44. The summed E-state index contributed by atoms with van der Waals surface area (Å²) in [6.45, 7) is 0. The van der Waals surface area contributed by atoms with Crippen molar-refractivity contribution in [3.63, 3.8) is 0 Å². The number of halogens is 2. The number of benzene rings is 1. The number of thiazole rings is 1. The summed E-state index contributed by atoms with van der Waals surface area (Å²) in [6, 6.07) is 4.49. The van der Waals surface area contributed by atoms with Crippen molar-refractivity contribution in [3.05, 3.63) is 46.9 Å². The van der Waals surface area contributed by atoms with E-state index in [2.05, 4.69) is 10.1 Å². The maximum Gasteiger partial charge on any atom is 0.134 e. The van der Waals surface area contributed by atoms with Gasteiger partial charge in [-0.1, -0.05) is 22.8 Å². The van der Waals surface area contributed by atoms with E-state index in [0.29, 0.717) is 21.3 Å². The second-order valence-electron chi connectivity index (χ2n) is 3.51. The van der Waals surface area contributed by atoms with Gasteiger partial charge in [0.15, 0.2) is 0 Å². The molecule has 0 radical (unpaired) electrons. The molecule has 0 amide bonds. The second-order valence-corrected chi connectivity index (χ2v) is 4.81. The van der Waals surface area contributed by atoms with E-state index < -0.39 is 5.82 Å². The Kier molecular flexibility index (Phi) is 2.85. The van der Waals surface area contributed by atoms with Gasteiger partial charge in [0.25, 0.3) is 0 Å². The van der Waals surface area contributed by atoms with Crippen molar-refractivity contribution >= 4 is 22.9 Å². The molecule has 2 heterocycles. The molecule has 2 aromatic heterocycles. The van der Waals surface area contributed by atoms with Gasteiger partial charge >= 0.3 is 0 Å². The number of nitrogens with zero attached hydrogens (tertiary/aromatic N) is 2. The van der Waals surface area contributed by atoms with Crippen molar-refractivity contribution in [2.75, 3.05) is 0 Å². The lowest BCUT2D eigenvalue weighted by Crippen LogP contribution is -1.88. The largest absolute Gasteiger partial charge is 0.363 e. The van der Waals surface area contributed by atoms with Crippen molar-refractivity contribution in [1.29, 1.82) is 0 Å². The van der Waals surface area contributed by atoms with E-state index in [-0.39, 0.29) is 5.56 Å². The standard InChI is InChI=1S/C12H6ClFN2OS/c13-8-2-1-3-9(14)10(8)11-7(6-17-16-11)12-15-4-5-18-12/h1-6H. The topological polar surface area (TPSA) is 38.9 Å². The van der Waals surface area contributed by atoms with Crippen molar-refractivity contribution in [3.8, 4) is 21.8 Å².